The Labute approximate surface area is 401 Å². The molecule has 0 spiro atoms. The Morgan fingerprint density at radius 1 is 0.441 bits per heavy atom. The zero-order valence-corrected chi connectivity index (χ0v) is 39.0. The highest BCUT2D eigenvalue weighted by molar-refractivity contribution is 7.20. The highest BCUT2D eigenvalue weighted by Crippen LogP contribution is 2.41. The first-order valence-corrected chi connectivity index (χ1v) is 24.0. The summed E-state index contributed by atoms with van der Waals surface area (Å²) in [5, 5.41) is 75.9. The zero-order chi connectivity index (χ0) is 48.0. The van der Waals surface area contributed by atoms with Gasteiger partial charge in [0.2, 0.25) is 0 Å². The molecule has 0 atom stereocenters. The van der Waals surface area contributed by atoms with E-state index >= 15 is 0 Å². The van der Waals surface area contributed by atoms with E-state index in [1.165, 1.54) is 93.9 Å². The molecule has 1 aliphatic rings. The first-order chi connectivity index (χ1) is 32.6. The Kier molecular flexibility index (Phi) is 12.5. The van der Waals surface area contributed by atoms with Crippen LogP contribution in [0.5, 0.6) is 23.0 Å². The molecule has 9 rings (SSSR count). The van der Waals surface area contributed by atoms with Crippen LogP contribution in [-0.4, -0.2) is 74.5 Å². The number of ether oxygens (including phenoxy) is 2. The minimum Gasteiger partial charge on any atom is -0.507 e. The molecule has 8 aromatic rings. The van der Waals surface area contributed by atoms with Crippen molar-refractivity contribution in [2.75, 3.05) is 0 Å². The fourth-order valence-electron chi connectivity index (χ4n) is 7.92. The number of hydrogen-bond donors (Lipinski definition) is 6. The number of aromatic carboxylic acids is 4. The van der Waals surface area contributed by atoms with Gasteiger partial charge in [-0.05, 0) is 107 Å². The number of aryl methyl sites for hydroxylation is 2. The number of carbonyl (C=O) groups is 4. The van der Waals surface area contributed by atoms with Crippen molar-refractivity contribution in [3.8, 4) is 43.0 Å². The van der Waals surface area contributed by atoms with Crippen molar-refractivity contribution in [1.29, 1.82) is 0 Å². The highest BCUT2D eigenvalue weighted by atomic mass is 32.1. The quantitative estimate of drug-likeness (QED) is 0.0666. The summed E-state index contributed by atoms with van der Waals surface area (Å²) in [6, 6.07) is 10.4. The maximum atomic E-state index is 12.8. The van der Waals surface area contributed by atoms with E-state index in [1.54, 1.807) is 10.8 Å². The summed E-state index contributed by atoms with van der Waals surface area (Å²) in [5.74, 6) is -5.73. The lowest BCUT2D eigenvalue weighted by molar-refractivity contribution is 0.0685. The molecule has 344 valence electrons. The van der Waals surface area contributed by atoms with Crippen LogP contribution >= 0.6 is 45.3 Å². The Bertz CT molecular complexity index is 3030. The molecule has 0 aliphatic heterocycles. The summed E-state index contributed by atoms with van der Waals surface area (Å²) in [7, 11) is 0. The van der Waals surface area contributed by atoms with Crippen molar-refractivity contribution in [2.45, 2.75) is 52.7 Å². The summed E-state index contributed by atoms with van der Waals surface area (Å²) in [6.45, 7) is 3.50. The van der Waals surface area contributed by atoms with Crippen LogP contribution in [0.15, 0.2) is 70.1 Å². The number of phenolic OH excluding ortho intramolecular Hbond substituents is 2. The summed E-state index contributed by atoms with van der Waals surface area (Å²) in [5.41, 5.74) is 3.01. The Balaban J connectivity index is 1.22. The number of aromatic hydroxyl groups is 2. The standard InChI is InChI=1S/C48H36N4O12S4/c1-21-17-65-41(49-21)43-51-35(19-67-43)15-63-39-27-3-23-7-31(45(55)56)9-25(37(23)53)5-29-13-34(48(61)62)14-30(40(29)64-16-36-20-68-44(52-36)42-50-22(2)18-66-42)6-26-10-32(46(57)58)8-24(38(26)54)4-28(39)12-33(11-27)47(59)60/h7-14,17-20,53-54H,3-6,15-16H2,1-2H3,(H,55,56)(H,57,58)(H,59,60)(H,61,62). The third-order valence-electron chi connectivity index (χ3n) is 11.0. The maximum Gasteiger partial charge on any atom is 0.335 e. The number of aromatic nitrogens is 4. The van der Waals surface area contributed by atoms with Crippen molar-refractivity contribution in [3.05, 3.63) is 160 Å². The van der Waals surface area contributed by atoms with Gasteiger partial charge in [0.25, 0.3) is 0 Å². The predicted molar refractivity (Wildman–Crippen MR) is 253 cm³/mol. The third-order valence-corrected chi connectivity index (χ3v) is 15.0. The van der Waals surface area contributed by atoms with Crippen molar-refractivity contribution in [3.63, 3.8) is 0 Å². The summed E-state index contributed by atoms with van der Waals surface area (Å²) in [6.07, 6.45) is -1.09. The van der Waals surface area contributed by atoms with Gasteiger partial charge in [-0.1, -0.05) is 0 Å². The van der Waals surface area contributed by atoms with E-state index < -0.39 is 23.9 Å². The molecule has 68 heavy (non-hydrogen) atoms. The van der Waals surface area contributed by atoms with Gasteiger partial charge >= 0.3 is 23.9 Å². The molecule has 4 aromatic carbocycles. The molecule has 6 N–H and O–H groups in total. The molecule has 0 fully saturated rings. The van der Waals surface area contributed by atoms with E-state index in [-0.39, 0.29) is 129 Å². The lowest BCUT2D eigenvalue weighted by Gasteiger charge is -2.22. The second kappa shape index (κ2) is 18.6. The molecule has 1 aliphatic carbocycles. The fraction of sp³-hybridized carbons (Fsp3) is 0.167. The van der Waals surface area contributed by atoms with Gasteiger partial charge in [-0.3, -0.25) is 0 Å². The van der Waals surface area contributed by atoms with Gasteiger partial charge in [-0.15, -0.1) is 45.3 Å². The van der Waals surface area contributed by atoms with Crippen LogP contribution in [-0.2, 0) is 38.9 Å². The average Bonchev–Trinajstić information content (AvgIpc) is 4.14. The number of carboxylic acids is 4. The normalized spacial score (nSPS) is 12.1. The second-order valence-electron chi connectivity index (χ2n) is 15.9. The first-order valence-electron chi connectivity index (χ1n) is 20.5. The number of nitrogens with zero attached hydrogens (tertiary/aromatic N) is 4. The van der Waals surface area contributed by atoms with E-state index in [4.69, 9.17) is 19.4 Å². The zero-order valence-electron chi connectivity index (χ0n) is 35.7. The predicted octanol–water partition coefficient (Wildman–Crippen LogP) is 9.50. The minimum absolute atomic E-state index is 0.0722. The Morgan fingerprint density at radius 3 is 0.971 bits per heavy atom. The lowest BCUT2D eigenvalue weighted by Crippen LogP contribution is -2.11. The SMILES string of the molecule is Cc1csc(-c2nc(COc3c4cc(C(=O)O)cc3Cc3cc(C(=O)O)cc(c3O)Cc3cc(C(=O)O)cc(c3OCc3csc(-c5nc(C)cs5)n3)Cc3cc(C(=O)O)cc(c3O)C4)cs2)n1. The molecule has 16 nitrogen and oxygen atoms in total. The van der Waals surface area contributed by atoms with Crippen molar-refractivity contribution in [1.82, 2.24) is 19.9 Å². The van der Waals surface area contributed by atoms with E-state index in [9.17, 15) is 49.8 Å². The molecule has 0 amide bonds. The monoisotopic (exact) mass is 988 g/mol. The van der Waals surface area contributed by atoms with Crippen molar-refractivity contribution >= 4 is 69.2 Å². The molecular formula is C48H36N4O12S4. The van der Waals surface area contributed by atoms with Gasteiger partial charge in [0.15, 0.2) is 20.0 Å². The molecular weight excluding hydrogens is 953 g/mol. The number of fused-ring (bicyclic) bond motifs is 8. The van der Waals surface area contributed by atoms with Gasteiger partial charge in [0.1, 0.15) is 36.2 Å². The molecule has 8 bridgehead atoms. The smallest absolute Gasteiger partial charge is 0.335 e. The van der Waals surface area contributed by atoms with Crippen LogP contribution in [0.25, 0.3) is 20.0 Å². The largest absolute Gasteiger partial charge is 0.507 e. The average molecular weight is 989 g/mol. The van der Waals surface area contributed by atoms with Gasteiger partial charge in [-0.25, -0.2) is 39.1 Å². The van der Waals surface area contributed by atoms with E-state index in [2.05, 4.69) is 9.97 Å². The molecule has 0 unspecified atom stereocenters. The summed E-state index contributed by atoms with van der Waals surface area (Å²) in [4.78, 5) is 69.4. The topological polar surface area (TPSA) is 260 Å². The van der Waals surface area contributed by atoms with Gasteiger partial charge in [-0.2, -0.15) is 0 Å². The van der Waals surface area contributed by atoms with Crippen LogP contribution in [0.2, 0.25) is 0 Å². The van der Waals surface area contributed by atoms with Crippen LogP contribution < -0.4 is 9.47 Å². The van der Waals surface area contributed by atoms with Gasteiger partial charge in [0, 0.05) is 58.6 Å². The molecule has 0 radical (unpaired) electrons. The van der Waals surface area contributed by atoms with E-state index in [1.807, 2.05) is 24.6 Å². The van der Waals surface area contributed by atoms with E-state index in [0.717, 1.165) is 11.4 Å². The minimum atomic E-state index is -1.33. The highest BCUT2D eigenvalue weighted by Gasteiger charge is 2.26. The molecule has 4 aromatic heterocycles. The number of benzene rings is 4. The van der Waals surface area contributed by atoms with Crippen LogP contribution in [0.4, 0.5) is 0 Å². The van der Waals surface area contributed by atoms with Crippen molar-refractivity contribution in [2.24, 2.45) is 0 Å². The van der Waals surface area contributed by atoms with Crippen LogP contribution in [0.3, 0.4) is 0 Å². The second-order valence-corrected chi connectivity index (χ2v) is 19.3. The Morgan fingerprint density at radius 2 is 0.706 bits per heavy atom. The number of hydrogen-bond acceptors (Lipinski definition) is 16. The van der Waals surface area contributed by atoms with Gasteiger partial charge < -0.3 is 40.1 Å². The summed E-state index contributed by atoms with van der Waals surface area (Å²) < 4.78 is 13.0. The first kappa shape index (κ1) is 45.6. The number of rotatable bonds is 12. The molecule has 20 heteroatoms. The fourth-order valence-corrected chi connectivity index (χ4v) is 11.2. The van der Waals surface area contributed by atoms with E-state index in [0.29, 0.717) is 31.4 Å². The number of carboxylic acid groups (broad SMARTS) is 4. The van der Waals surface area contributed by atoms with Crippen molar-refractivity contribution < 1.29 is 59.3 Å². The lowest BCUT2D eigenvalue weighted by atomic mass is 9.88. The summed E-state index contributed by atoms with van der Waals surface area (Å²) >= 11 is 5.58. The van der Waals surface area contributed by atoms with Crippen LogP contribution in [0, 0.1) is 13.8 Å². The van der Waals surface area contributed by atoms with Gasteiger partial charge in [0.05, 0.1) is 33.6 Å². The molecule has 4 heterocycles. The number of phenols is 2. The maximum absolute atomic E-state index is 12.8. The molecule has 0 saturated heterocycles. The van der Waals surface area contributed by atoms with Crippen LogP contribution in [0.1, 0.15) is 109 Å². The Hall–Kier alpha value is -7.52. The molecule has 0 saturated carbocycles. The third kappa shape index (κ3) is 9.52. The number of thiazole rings is 4.